The molecular formula is C10H14F7NO. The van der Waals surface area contributed by atoms with Gasteiger partial charge in [0.2, 0.25) is 0 Å². The minimum atomic E-state index is -6.49. The number of hydrogen-bond donors (Lipinski definition) is 0. The summed E-state index contributed by atoms with van der Waals surface area (Å²) in [5, 5.41) is 0. The van der Waals surface area contributed by atoms with Crippen LogP contribution in [0.25, 0.3) is 0 Å². The molecule has 0 N–H and O–H groups in total. The van der Waals surface area contributed by atoms with E-state index in [4.69, 9.17) is 0 Å². The SMILES string of the molecule is CCCN(CCC)C(=O)C(F)(F)C(F)(F)C(F)(F)F. The van der Waals surface area contributed by atoms with Crippen LogP contribution >= 0.6 is 0 Å². The molecule has 0 aromatic carbocycles. The molecule has 0 heterocycles. The second-order valence-corrected chi connectivity index (χ2v) is 3.94. The molecule has 0 spiro atoms. The van der Waals surface area contributed by atoms with Gasteiger partial charge in [-0.1, -0.05) is 13.8 Å². The Balaban J connectivity index is 5.33. The molecule has 0 aliphatic heterocycles. The number of rotatable bonds is 6. The first-order chi connectivity index (χ1) is 8.43. The maximum Gasteiger partial charge on any atom is 0.460 e. The highest BCUT2D eigenvalue weighted by atomic mass is 19.4. The van der Waals surface area contributed by atoms with Crippen molar-refractivity contribution in [3.05, 3.63) is 0 Å². The van der Waals surface area contributed by atoms with Gasteiger partial charge in [0.15, 0.2) is 0 Å². The fourth-order valence-corrected chi connectivity index (χ4v) is 1.37. The normalized spacial score (nSPS) is 13.5. The van der Waals surface area contributed by atoms with Gasteiger partial charge >= 0.3 is 18.0 Å². The molecular weight excluding hydrogens is 283 g/mol. The summed E-state index contributed by atoms with van der Waals surface area (Å²) in [5.41, 5.74) is 0. The fourth-order valence-electron chi connectivity index (χ4n) is 1.37. The van der Waals surface area contributed by atoms with Gasteiger partial charge in [-0.15, -0.1) is 0 Å². The van der Waals surface area contributed by atoms with Crippen molar-refractivity contribution in [3.63, 3.8) is 0 Å². The van der Waals surface area contributed by atoms with Crippen molar-refractivity contribution < 1.29 is 35.5 Å². The number of carbonyl (C=O) groups is 1. The lowest BCUT2D eigenvalue weighted by Gasteiger charge is -2.31. The van der Waals surface area contributed by atoms with Gasteiger partial charge in [-0.2, -0.15) is 30.7 Å². The highest BCUT2D eigenvalue weighted by Crippen LogP contribution is 2.47. The van der Waals surface area contributed by atoms with Crippen LogP contribution in [0.15, 0.2) is 0 Å². The van der Waals surface area contributed by atoms with E-state index in [1.807, 2.05) is 0 Å². The number of hydrogen-bond acceptors (Lipinski definition) is 1. The quantitative estimate of drug-likeness (QED) is 0.687. The van der Waals surface area contributed by atoms with Crippen LogP contribution in [-0.2, 0) is 4.79 Å². The summed E-state index contributed by atoms with van der Waals surface area (Å²) in [6.07, 6.45) is -6.16. The van der Waals surface area contributed by atoms with Gasteiger partial charge in [-0.05, 0) is 12.8 Å². The van der Waals surface area contributed by atoms with Gasteiger partial charge in [0.05, 0.1) is 0 Å². The summed E-state index contributed by atoms with van der Waals surface area (Å²) in [5.74, 6) is -14.7. The van der Waals surface area contributed by atoms with Crippen LogP contribution in [0.4, 0.5) is 30.7 Å². The molecule has 9 heteroatoms. The number of amides is 1. The van der Waals surface area contributed by atoms with E-state index in [1.165, 1.54) is 13.8 Å². The minimum absolute atomic E-state index is 0.166. The standard InChI is InChI=1S/C10H14F7NO/c1-3-5-18(6-4-2)7(19)8(11,12)9(13,14)10(15,16)17/h3-6H2,1-2H3. The summed E-state index contributed by atoms with van der Waals surface area (Å²) in [6, 6.07) is 0. The van der Waals surface area contributed by atoms with E-state index >= 15 is 0 Å². The maximum atomic E-state index is 13.1. The highest BCUT2D eigenvalue weighted by molar-refractivity contribution is 5.84. The van der Waals surface area contributed by atoms with E-state index in [0.29, 0.717) is 4.90 Å². The number of alkyl halides is 7. The monoisotopic (exact) mass is 297 g/mol. The van der Waals surface area contributed by atoms with Crippen LogP contribution in [0.3, 0.4) is 0 Å². The zero-order valence-electron chi connectivity index (χ0n) is 10.3. The Bertz CT molecular complexity index is 307. The van der Waals surface area contributed by atoms with E-state index in [2.05, 4.69) is 0 Å². The summed E-state index contributed by atoms with van der Waals surface area (Å²) >= 11 is 0. The third kappa shape index (κ3) is 3.50. The molecule has 0 rings (SSSR count). The van der Waals surface area contributed by atoms with Gasteiger partial charge in [-0.25, -0.2) is 0 Å². The molecule has 0 aromatic rings. The van der Waals surface area contributed by atoms with E-state index in [1.54, 1.807) is 0 Å². The average molecular weight is 297 g/mol. The lowest BCUT2D eigenvalue weighted by Crippen LogP contribution is -2.60. The first-order valence-electron chi connectivity index (χ1n) is 5.55. The van der Waals surface area contributed by atoms with E-state index < -0.39 is 23.9 Å². The van der Waals surface area contributed by atoms with Crippen LogP contribution in [0.1, 0.15) is 26.7 Å². The Labute approximate surface area is 105 Å². The van der Waals surface area contributed by atoms with E-state index in [0.717, 1.165) is 0 Å². The third-order valence-corrected chi connectivity index (χ3v) is 2.29. The molecule has 0 atom stereocenters. The van der Waals surface area contributed by atoms with Crippen molar-refractivity contribution in [1.29, 1.82) is 0 Å². The molecule has 19 heavy (non-hydrogen) atoms. The van der Waals surface area contributed by atoms with Gasteiger partial charge in [0, 0.05) is 13.1 Å². The van der Waals surface area contributed by atoms with E-state index in [9.17, 15) is 35.5 Å². The maximum absolute atomic E-state index is 13.1. The average Bonchev–Trinajstić information content (AvgIpc) is 2.26. The zero-order valence-corrected chi connectivity index (χ0v) is 10.3. The Kier molecular flexibility index (Phi) is 5.64. The lowest BCUT2D eigenvalue weighted by atomic mass is 10.1. The predicted octanol–water partition coefficient (Wildman–Crippen LogP) is 3.47. The molecule has 0 saturated heterocycles. The van der Waals surface area contributed by atoms with Crippen molar-refractivity contribution >= 4 is 5.91 Å². The molecule has 0 aliphatic carbocycles. The van der Waals surface area contributed by atoms with Gasteiger partial charge < -0.3 is 4.90 Å². The molecule has 1 amide bonds. The fraction of sp³-hybridized carbons (Fsp3) is 0.900. The van der Waals surface area contributed by atoms with Gasteiger partial charge in [-0.3, -0.25) is 4.79 Å². The topological polar surface area (TPSA) is 20.3 Å². The highest BCUT2D eigenvalue weighted by Gasteiger charge is 2.76. The lowest BCUT2D eigenvalue weighted by molar-refractivity contribution is -0.345. The van der Waals surface area contributed by atoms with Gasteiger partial charge in [0.1, 0.15) is 0 Å². The van der Waals surface area contributed by atoms with E-state index in [-0.39, 0.29) is 25.9 Å². The second-order valence-electron chi connectivity index (χ2n) is 3.94. The molecule has 0 fully saturated rings. The van der Waals surface area contributed by atoms with Crippen LogP contribution < -0.4 is 0 Å². The van der Waals surface area contributed by atoms with Crippen LogP contribution in [0, 0.1) is 0 Å². The summed E-state index contributed by atoms with van der Waals surface area (Å²) in [6.45, 7) is 2.35. The molecule has 2 nitrogen and oxygen atoms in total. The Hall–Kier alpha value is -1.02. The van der Waals surface area contributed by atoms with Crippen molar-refractivity contribution in [2.75, 3.05) is 13.1 Å². The van der Waals surface area contributed by atoms with Crippen molar-refractivity contribution in [2.45, 2.75) is 44.7 Å². The van der Waals surface area contributed by atoms with Crippen LogP contribution in [-0.4, -0.2) is 41.9 Å². The van der Waals surface area contributed by atoms with Crippen molar-refractivity contribution in [1.82, 2.24) is 4.90 Å². The number of carbonyl (C=O) groups excluding carboxylic acids is 1. The van der Waals surface area contributed by atoms with Crippen LogP contribution in [0.2, 0.25) is 0 Å². The predicted molar refractivity (Wildman–Crippen MR) is 53.1 cm³/mol. The summed E-state index contributed by atoms with van der Waals surface area (Å²) in [4.78, 5) is 11.6. The molecule has 0 radical (unpaired) electrons. The zero-order chi connectivity index (χ0) is 15.5. The minimum Gasteiger partial charge on any atom is -0.337 e. The molecule has 0 aliphatic rings. The van der Waals surface area contributed by atoms with Crippen LogP contribution in [0.5, 0.6) is 0 Å². The van der Waals surface area contributed by atoms with Crippen molar-refractivity contribution in [3.8, 4) is 0 Å². The number of nitrogens with zero attached hydrogens (tertiary/aromatic N) is 1. The summed E-state index contributed by atoms with van der Waals surface area (Å²) in [7, 11) is 0. The second kappa shape index (κ2) is 5.96. The smallest absolute Gasteiger partial charge is 0.337 e. The summed E-state index contributed by atoms with van der Waals surface area (Å²) < 4.78 is 87.4. The Morgan fingerprint density at radius 2 is 1.26 bits per heavy atom. The molecule has 0 saturated carbocycles. The van der Waals surface area contributed by atoms with Gasteiger partial charge in [0.25, 0.3) is 5.91 Å². The van der Waals surface area contributed by atoms with Crippen molar-refractivity contribution in [2.24, 2.45) is 0 Å². The Morgan fingerprint density at radius 3 is 1.53 bits per heavy atom. The first-order valence-corrected chi connectivity index (χ1v) is 5.55. The third-order valence-electron chi connectivity index (χ3n) is 2.29. The Morgan fingerprint density at radius 1 is 0.895 bits per heavy atom. The molecule has 0 bridgehead atoms. The largest absolute Gasteiger partial charge is 0.460 e. The molecule has 0 aromatic heterocycles. The molecule has 0 unspecified atom stereocenters. The molecule has 114 valence electrons. The number of halogens is 7. The first kappa shape index (κ1) is 18.0.